The van der Waals surface area contributed by atoms with Gasteiger partial charge in [0.05, 0.1) is 6.61 Å². The van der Waals surface area contributed by atoms with E-state index in [1.807, 2.05) is 0 Å². The van der Waals surface area contributed by atoms with Gasteiger partial charge in [-0.1, -0.05) is 0 Å². The van der Waals surface area contributed by atoms with E-state index < -0.39 is 0 Å². The minimum absolute atomic E-state index is 0. The van der Waals surface area contributed by atoms with Crippen LogP contribution in [0.5, 0.6) is 0 Å². The molecule has 0 aromatic heterocycles. The van der Waals surface area contributed by atoms with Gasteiger partial charge in [-0.25, -0.2) is 0 Å². The van der Waals surface area contributed by atoms with Crippen LogP contribution in [-0.2, 0) is 0 Å². The van der Waals surface area contributed by atoms with Crippen molar-refractivity contribution in [1.82, 2.24) is 15.1 Å². The molecule has 0 saturated carbocycles. The third-order valence-corrected chi connectivity index (χ3v) is 3.10. The van der Waals surface area contributed by atoms with Crippen molar-refractivity contribution in [2.45, 2.75) is 6.04 Å². The molecular formula is C9H20ClN3O. The fourth-order valence-electron chi connectivity index (χ4n) is 2.03. The van der Waals surface area contributed by atoms with E-state index >= 15 is 0 Å². The predicted molar refractivity (Wildman–Crippen MR) is 59.0 cm³/mol. The van der Waals surface area contributed by atoms with Crippen molar-refractivity contribution in [2.75, 3.05) is 52.4 Å². The normalized spacial score (nSPS) is 25.5. The Hall–Kier alpha value is 0.130. The summed E-state index contributed by atoms with van der Waals surface area (Å²) in [7, 11) is 0. The molecule has 2 heterocycles. The third kappa shape index (κ3) is 2.81. The molecule has 2 rings (SSSR count). The zero-order chi connectivity index (χ0) is 9.10. The topological polar surface area (TPSA) is 38.7 Å². The SMILES string of the molecule is Cl.OCCN1CCN(C2CNC2)CC1. The number of aliphatic hydroxyl groups excluding tert-OH is 1. The second-order valence-corrected chi connectivity index (χ2v) is 3.91. The molecule has 2 saturated heterocycles. The fraction of sp³-hybridized carbons (Fsp3) is 1.00. The summed E-state index contributed by atoms with van der Waals surface area (Å²) >= 11 is 0. The third-order valence-electron chi connectivity index (χ3n) is 3.10. The van der Waals surface area contributed by atoms with Crippen LogP contribution in [0.3, 0.4) is 0 Å². The van der Waals surface area contributed by atoms with Crippen LogP contribution in [0, 0.1) is 0 Å². The molecule has 14 heavy (non-hydrogen) atoms. The average molecular weight is 222 g/mol. The first kappa shape index (κ1) is 12.2. The molecule has 0 spiro atoms. The maximum atomic E-state index is 8.79. The van der Waals surface area contributed by atoms with Crippen LogP contribution in [0.25, 0.3) is 0 Å². The summed E-state index contributed by atoms with van der Waals surface area (Å²) in [6, 6.07) is 0.788. The summed E-state index contributed by atoms with van der Waals surface area (Å²) in [6.07, 6.45) is 0. The average Bonchev–Trinajstić information content (AvgIpc) is 2.06. The van der Waals surface area contributed by atoms with Crippen LogP contribution in [0.2, 0.25) is 0 Å². The lowest BCUT2D eigenvalue weighted by Crippen LogP contribution is -2.61. The van der Waals surface area contributed by atoms with Crippen LogP contribution < -0.4 is 5.32 Å². The first-order chi connectivity index (χ1) is 6.40. The Kier molecular flexibility index (Phi) is 5.12. The van der Waals surface area contributed by atoms with Gasteiger partial charge < -0.3 is 10.4 Å². The van der Waals surface area contributed by atoms with Crippen molar-refractivity contribution >= 4 is 12.4 Å². The Morgan fingerprint density at radius 3 is 2.21 bits per heavy atom. The molecule has 0 bridgehead atoms. The van der Waals surface area contributed by atoms with Gasteiger partial charge in [0.15, 0.2) is 0 Å². The number of nitrogens with one attached hydrogen (secondary N) is 1. The van der Waals surface area contributed by atoms with Gasteiger partial charge in [-0.3, -0.25) is 9.80 Å². The lowest BCUT2D eigenvalue weighted by Gasteiger charge is -2.43. The van der Waals surface area contributed by atoms with Crippen molar-refractivity contribution in [2.24, 2.45) is 0 Å². The summed E-state index contributed by atoms with van der Waals surface area (Å²) < 4.78 is 0. The van der Waals surface area contributed by atoms with Crippen LogP contribution in [0.4, 0.5) is 0 Å². The number of hydrogen-bond donors (Lipinski definition) is 2. The lowest BCUT2D eigenvalue weighted by atomic mass is 10.1. The first-order valence-corrected chi connectivity index (χ1v) is 5.18. The second-order valence-electron chi connectivity index (χ2n) is 3.91. The molecule has 5 heteroatoms. The van der Waals surface area contributed by atoms with E-state index in [9.17, 15) is 0 Å². The molecule has 0 aromatic rings. The Balaban J connectivity index is 0.000000980. The van der Waals surface area contributed by atoms with Gasteiger partial charge in [-0.15, -0.1) is 12.4 Å². The highest BCUT2D eigenvalue weighted by Gasteiger charge is 2.27. The van der Waals surface area contributed by atoms with Gasteiger partial charge in [-0.2, -0.15) is 0 Å². The summed E-state index contributed by atoms with van der Waals surface area (Å²) in [5, 5.41) is 12.1. The van der Waals surface area contributed by atoms with Crippen LogP contribution in [-0.4, -0.2) is 73.4 Å². The zero-order valence-corrected chi connectivity index (χ0v) is 9.30. The summed E-state index contributed by atoms with van der Waals surface area (Å²) in [4.78, 5) is 4.90. The van der Waals surface area contributed by atoms with Crippen molar-refractivity contribution < 1.29 is 5.11 Å². The van der Waals surface area contributed by atoms with Crippen LogP contribution >= 0.6 is 12.4 Å². The van der Waals surface area contributed by atoms with Crippen molar-refractivity contribution in [1.29, 1.82) is 0 Å². The molecule has 2 aliphatic rings. The van der Waals surface area contributed by atoms with E-state index in [0.29, 0.717) is 6.61 Å². The molecule has 84 valence electrons. The summed E-state index contributed by atoms with van der Waals surface area (Å²) in [6.45, 7) is 8.06. The molecule has 2 aliphatic heterocycles. The zero-order valence-electron chi connectivity index (χ0n) is 8.48. The van der Waals surface area contributed by atoms with Gasteiger partial charge >= 0.3 is 0 Å². The van der Waals surface area contributed by atoms with Crippen molar-refractivity contribution in [3.05, 3.63) is 0 Å². The van der Waals surface area contributed by atoms with Gasteiger partial charge in [0.1, 0.15) is 0 Å². The monoisotopic (exact) mass is 221 g/mol. The molecule has 2 N–H and O–H groups in total. The minimum Gasteiger partial charge on any atom is -0.395 e. The molecule has 0 aliphatic carbocycles. The minimum atomic E-state index is 0. The number of rotatable bonds is 3. The molecule has 0 atom stereocenters. The number of piperazine rings is 1. The van der Waals surface area contributed by atoms with Crippen LogP contribution in [0.1, 0.15) is 0 Å². The lowest BCUT2D eigenvalue weighted by molar-refractivity contribution is 0.0644. The largest absolute Gasteiger partial charge is 0.395 e. The van der Waals surface area contributed by atoms with E-state index in [2.05, 4.69) is 15.1 Å². The number of aliphatic hydroxyl groups is 1. The summed E-state index contributed by atoms with van der Waals surface area (Å²) in [5.41, 5.74) is 0. The van der Waals surface area contributed by atoms with Crippen LogP contribution in [0.15, 0.2) is 0 Å². The number of halogens is 1. The Labute approximate surface area is 91.7 Å². The molecule has 0 radical (unpaired) electrons. The van der Waals surface area contributed by atoms with E-state index in [4.69, 9.17) is 5.11 Å². The van der Waals surface area contributed by atoms with Gasteiger partial charge in [0, 0.05) is 51.9 Å². The highest BCUT2D eigenvalue weighted by molar-refractivity contribution is 5.85. The first-order valence-electron chi connectivity index (χ1n) is 5.18. The molecule has 0 unspecified atom stereocenters. The number of nitrogens with zero attached hydrogens (tertiary/aromatic N) is 2. The fourth-order valence-corrected chi connectivity index (χ4v) is 2.03. The molecule has 2 fully saturated rings. The highest BCUT2D eigenvalue weighted by atomic mass is 35.5. The standard InChI is InChI=1S/C9H19N3O.ClH/c13-6-5-11-1-3-12(4-2-11)9-7-10-8-9;/h9-10,13H,1-8H2;1H. The van der Waals surface area contributed by atoms with Gasteiger partial charge in [0.2, 0.25) is 0 Å². The van der Waals surface area contributed by atoms with Gasteiger partial charge in [-0.05, 0) is 0 Å². The maximum Gasteiger partial charge on any atom is 0.0558 e. The highest BCUT2D eigenvalue weighted by Crippen LogP contribution is 2.08. The number of β-amino-alcohol motifs (C(OH)–C–C–N with tert-alkyl or cyclic N) is 1. The van der Waals surface area contributed by atoms with Gasteiger partial charge in [0.25, 0.3) is 0 Å². The molecule has 0 amide bonds. The predicted octanol–water partition coefficient (Wildman–Crippen LogP) is -1.01. The Bertz CT molecular complexity index is 158. The molecule has 4 nitrogen and oxygen atoms in total. The molecular weight excluding hydrogens is 202 g/mol. The Morgan fingerprint density at radius 2 is 1.79 bits per heavy atom. The number of hydrogen-bond acceptors (Lipinski definition) is 4. The summed E-state index contributed by atoms with van der Waals surface area (Å²) in [5.74, 6) is 0. The second kappa shape index (κ2) is 5.88. The smallest absolute Gasteiger partial charge is 0.0558 e. The van der Waals surface area contributed by atoms with Crippen molar-refractivity contribution in [3.63, 3.8) is 0 Å². The van der Waals surface area contributed by atoms with E-state index in [0.717, 1.165) is 25.7 Å². The van der Waals surface area contributed by atoms with Crippen molar-refractivity contribution in [3.8, 4) is 0 Å². The van der Waals surface area contributed by atoms with E-state index in [1.165, 1.54) is 26.2 Å². The molecule has 0 aromatic carbocycles. The van der Waals surface area contributed by atoms with E-state index in [1.54, 1.807) is 0 Å². The maximum absolute atomic E-state index is 8.79. The quantitative estimate of drug-likeness (QED) is 0.641. The Morgan fingerprint density at radius 1 is 1.14 bits per heavy atom. The van der Waals surface area contributed by atoms with E-state index in [-0.39, 0.29) is 12.4 Å².